The number of ether oxygens (including phenoxy) is 3. The van der Waals surface area contributed by atoms with E-state index in [0.717, 1.165) is 11.1 Å². The maximum Gasteiger partial charge on any atom is 0.334 e. The van der Waals surface area contributed by atoms with Crippen LogP contribution >= 0.6 is 0 Å². The van der Waals surface area contributed by atoms with E-state index in [1.165, 1.54) is 0 Å². The van der Waals surface area contributed by atoms with Gasteiger partial charge in [0.05, 0.1) is 12.0 Å². The van der Waals surface area contributed by atoms with Gasteiger partial charge in [-0.25, -0.2) is 9.59 Å². The Hall–Kier alpha value is -1.92. The van der Waals surface area contributed by atoms with Gasteiger partial charge in [-0.1, -0.05) is 18.2 Å². The van der Waals surface area contributed by atoms with Crippen molar-refractivity contribution in [2.45, 2.75) is 64.1 Å². The highest BCUT2D eigenvalue weighted by Gasteiger charge is 2.70. The highest BCUT2D eigenvalue weighted by Crippen LogP contribution is 2.62. The SMILES string of the molecule is C=C1C(=O)OC2C1C(O)C(OC(=O)/C(C)=C/C)C(C)=C1CC3OC3(C)C12. The second-order valence-corrected chi connectivity index (χ2v) is 7.89. The van der Waals surface area contributed by atoms with Gasteiger partial charge in [-0.05, 0) is 39.7 Å². The normalized spacial score (nSPS) is 44.1. The molecule has 0 bridgehead atoms. The van der Waals surface area contributed by atoms with E-state index in [4.69, 9.17) is 14.2 Å². The Balaban J connectivity index is 1.78. The van der Waals surface area contributed by atoms with Gasteiger partial charge in [0.15, 0.2) is 0 Å². The quantitative estimate of drug-likeness (QED) is 0.350. The van der Waals surface area contributed by atoms with E-state index in [0.29, 0.717) is 12.0 Å². The molecule has 1 N–H and O–H groups in total. The summed E-state index contributed by atoms with van der Waals surface area (Å²) >= 11 is 0. The molecular weight excluding hydrogens is 336 g/mol. The molecule has 7 unspecified atom stereocenters. The third-order valence-electron chi connectivity index (χ3n) is 6.57. The van der Waals surface area contributed by atoms with Gasteiger partial charge >= 0.3 is 11.9 Å². The van der Waals surface area contributed by atoms with Crippen LogP contribution in [-0.2, 0) is 23.8 Å². The summed E-state index contributed by atoms with van der Waals surface area (Å²) in [7, 11) is 0. The predicted molar refractivity (Wildman–Crippen MR) is 91.9 cm³/mol. The summed E-state index contributed by atoms with van der Waals surface area (Å²) in [4.78, 5) is 24.5. The maximum absolute atomic E-state index is 12.3. The molecule has 3 fully saturated rings. The van der Waals surface area contributed by atoms with Gasteiger partial charge in [0, 0.05) is 17.1 Å². The predicted octanol–water partition coefficient (Wildman–Crippen LogP) is 1.83. The fraction of sp³-hybridized carbons (Fsp3) is 0.600. The minimum Gasteiger partial charge on any atom is -0.457 e. The summed E-state index contributed by atoms with van der Waals surface area (Å²) in [5, 5.41) is 11.1. The maximum atomic E-state index is 12.3. The van der Waals surface area contributed by atoms with Crippen molar-refractivity contribution in [3.63, 3.8) is 0 Å². The number of hydrogen-bond acceptors (Lipinski definition) is 6. The van der Waals surface area contributed by atoms with Gasteiger partial charge in [0.25, 0.3) is 0 Å². The molecule has 4 rings (SSSR count). The molecule has 0 radical (unpaired) electrons. The molecule has 2 aliphatic carbocycles. The van der Waals surface area contributed by atoms with Crippen molar-refractivity contribution in [1.29, 1.82) is 0 Å². The molecule has 6 heteroatoms. The number of carbonyl (C=O) groups is 2. The summed E-state index contributed by atoms with van der Waals surface area (Å²) in [5.41, 5.74) is 2.19. The molecular formula is C20H24O6. The second kappa shape index (κ2) is 5.54. The van der Waals surface area contributed by atoms with Gasteiger partial charge in [0.2, 0.25) is 0 Å². The van der Waals surface area contributed by atoms with E-state index in [9.17, 15) is 14.7 Å². The molecule has 0 aromatic heterocycles. The molecule has 4 aliphatic rings. The van der Waals surface area contributed by atoms with E-state index in [-0.39, 0.29) is 17.6 Å². The van der Waals surface area contributed by atoms with Crippen LogP contribution in [0.1, 0.15) is 34.1 Å². The third-order valence-corrected chi connectivity index (χ3v) is 6.57. The van der Waals surface area contributed by atoms with Crippen LogP contribution in [0.5, 0.6) is 0 Å². The average Bonchev–Trinajstić information content (AvgIpc) is 3.06. The van der Waals surface area contributed by atoms with Crippen molar-refractivity contribution in [3.05, 3.63) is 34.9 Å². The molecule has 140 valence electrons. The Kier molecular flexibility index (Phi) is 3.72. The van der Waals surface area contributed by atoms with Crippen LogP contribution in [0, 0.1) is 11.8 Å². The number of allylic oxidation sites excluding steroid dienone is 1. The first-order chi connectivity index (χ1) is 12.2. The van der Waals surface area contributed by atoms with Gasteiger partial charge in [-0.3, -0.25) is 0 Å². The van der Waals surface area contributed by atoms with E-state index in [1.54, 1.807) is 19.9 Å². The molecule has 1 saturated carbocycles. The van der Waals surface area contributed by atoms with Gasteiger partial charge < -0.3 is 19.3 Å². The number of aliphatic hydroxyl groups excluding tert-OH is 1. The van der Waals surface area contributed by atoms with Crippen molar-refractivity contribution in [3.8, 4) is 0 Å². The Labute approximate surface area is 152 Å². The zero-order chi connectivity index (χ0) is 19.0. The second-order valence-electron chi connectivity index (χ2n) is 7.89. The largest absolute Gasteiger partial charge is 0.457 e. The van der Waals surface area contributed by atoms with Gasteiger partial charge in [0.1, 0.15) is 23.9 Å². The molecule has 6 nitrogen and oxygen atoms in total. The van der Waals surface area contributed by atoms with Crippen LogP contribution in [0.4, 0.5) is 0 Å². The van der Waals surface area contributed by atoms with E-state index < -0.39 is 41.8 Å². The lowest BCUT2D eigenvalue weighted by Crippen LogP contribution is -2.43. The zero-order valence-electron chi connectivity index (χ0n) is 15.4. The summed E-state index contributed by atoms with van der Waals surface area (Å²) in [6, 6.07) is 0. The van der Waals surface area contributed by atoms with Crippen LogP contribution in [0.3, 0.4) is 0 Å². The van der Waals surface area contributed by atoms with Gasteiger partial charge in [-0.15, -0.1) is 0 Å². The fourth-order valence-corrected chi connectivity index (χ4v) is 4.79. The molecule has 2 heterocycles. The number of fused-ring (bicyclic) bond motifs is 5. The number of hydrogen-bond donors (Lipinski definition) is 1. The first kappa shape index (κ1) is 17.5. The number of epoxide rings is 1. The summed E-state index contributed by atoms with van der Waals surface area (Å²) < 4.78 is 17.1. The summed E-state index contributed by atoms with van der Waals surface area (Å²) in [5.74, 6) is -1.75. The average molecular weight is 360 g/mol. The van der Waals surface area contributed by atoms with Crippen LogP contribution < -0.4 is 0 Å². The lowest BCUT2D eigenvalue weighted by Gasteiger charge is -2.29. The van der Waals surface area contributed by atoms with Crippen LogP contribution in [-0.4, -0.2) is 47.1 Å². The molecule has 2 aliphatic heterocycles. The standard InChI is InChI=1S/C20H24O6/c1-6-8(2)18(22)24-16-9(3)11-7-12-20(5,26-12)14(11)17-13(15(16)21)10(4)19(23)25-17/h6,12-17,21H,4,7H2,1-3,5H3/b8-6+. The van der Waals surface area contributed by atoms with Crippen LogP contribution in [0.25, 0.3) is 0 Å². The lowest BCUT2D eigenvalue weighted by atomic mass is 9.80. The Morgan fingerprint density at radius 2 is 2.15 bits per heavy atom. The van der Waals surface area contributed by atoms with Crippen molar-refractivity contribution >= 4 is 11.9 Å². The van der Waals surface area contributed by atoms with Crippen molar-refractivity contribution in [2.24, 2.45) is 11.8 Å². The van der Waals surface area contributed by atoms with Crippen molar-refractivity contribution in [2.75, 3.05) is 0 Å². The molecule has 0 aromatic rings. The molecule has 0 amide bonds. The highest BCUT2D eigenvalue weighted by atomic mass is 16.6. The molecule has 0 aromatic carbocycles. The van der Waals surface area contributed by atoms with E-state index in [1.807, 2.05) is 13.8 Å². The Morgan fingerprint density at radius 3 is 2.81 bits per heavy atom. The molecule has 0 spiro atoms. The van der Waals surface area contributed by atoms with Crippen molar-refractivity contribution in [1.82, 2.24) is 0 Å². The van der Waals surface area contributed by atoms with Crippen LogP contribution in [0.2, 0.25) is 0 Å². The Morgan fingerprint density at radius 1 is 1.46 bits per heavy atom. The van der Waals surface area contributed by atoms with E-state index in [2.05, 4.69) is 6.58 Å². The summed E-state index contributed by atoms with van der Waals surface area (Å²) in [6.45, 7) is 11.1. The monoisotopic (exact) mass is 360 g/mol. The first-order valence-corrected chi connectivity index (χ1v) is 8.99. The third kappa shape index (κ3) is 2.18. The topological polar surface area (TPSA) is 85.4 Å². The highest BCUT2D eigenvalue weighted by molar-refractivity contribution is 5.91. The number of rotatable bonds is 2. The van der Waals surface area contributed by atoms with Gasteiger partial charge in [-0.2, -0.15) is 0 Å². The number of esters is 2. The first-order valence-electron chi connectivity index (χ1n) is 8.99. The summed E-state index contributed by atoms with van der Waals surface area (Å²) in [6.07, 6.45) is -0.0265. The molecule has 2 saturated heterocycles. The lowest BCUT2D eigenvalue weighted by molar-refractivity contribution is -0.151. The minimum atomic E-state index is -1.09. The Bertz CT molecular complexity index is 777. The molecule has 7 atom stereocenters. The van der Waals surface area contributed by atoms with Crippen LogP contribution in [0.15, 0.2) is 34.9 Å². The fourth-order valence-electron chi connectivity index (χ4n) is 4.79. The molecule has 26 heavy (non-hydrogen) atoms. The van der Waals surface area contributed by atoms with E-state index >= 15 is 0 Å². The smallest absolute Gasteiger partial charge is 0.334 e. The number of carbonyl (C=O) groups excluding carboxylic acids is 2. The van der Waals surface area contributed by atoms with Crippen molar-refractivity contribution < 1.29 is 28.9 Å². The number of aliphatic hydroxyl groups is 1. The minimum absolute atomic E-state index is 0.0783. The zero-order valence-corrected chi connectivity index (χ0v) is 15.4.